The second-order valence-electron chi connectivity index (χ2n) is 3.33. The first-order valence-corrected chi connectivity index (χ1v) is 4.93. The Kier molecular flexibility index (Phi) is 2.86. The Bertz CT molecular complexity index is 205. The van der Waals surface area contributed by atoms with Crippen LogP contribution in [-0.2, 0) is 17.3 Å². The fourth-order valence-electron chi connectivity index (χ4n) is 1.88. The summed E-state index contributed by atoms with van der Waals surface area (Å²) in [6, 6.07) is -0.413. The molecule has 0 aromatic rings. The van der Waals surface area contributed by atoms with Crippen molar-refractivity contribution in [3.05, 3.63) is 0 Å². The van der Waals surface area contributed by atoms with Crippen LogP contribution in [0.25, 0.3) is 0 Å². The van der Waals surface area contributed by atoms with Crippen LogP contribution in [-0.4, -0.2) is 52.0 Å². The smallest absolute Gasteiger partial charge is 0.144 e. The lowest BCUT2D eigenvalue weighted by Gasteiger charge is -2.43. The number of fused-ring (bicyclic) bond motifs is 1. The lowest BCUT2D eigenvalue weighted by atomic mass is 9.86. The molecular formula is C7H10BIO4. The summed E-state index contributed by atoms with van der Waals surface area (Å²) in [6.07, 6.45) is -0.262. The standard InChI is InChI=1S/C7H10BIO4/c1-10-4-5-7(2-11-5,3-12-9)13-6(4)8/h4-6H,2-3H2,1H3. The molecule has 0 aromatic heterocycles. The summed E-state index contributed by atoms with van der Waals surface area (Å²) in [4.78, 5) is 0. The molecule has 2 heterocycles. The summed E-state index contributed by atoms with van der Waals surface area (Å²) in [7, 11) is 7.35. The Morgan fingerprint density at radius 1 is 1.69 bits per heavy atom. The molecule has 13 heavy (non-hydrogen) atoms. The van der Waals surface area contributed by atoms with Gasteiger partial charge in [-0.25, -0.2) is 0 Å². The Morgan fingerprint density at radius 2 is 2.46 bits per heavy atom. The molecule has 2 radical (unpaired) electrons. The van der Waals surface area contributed by atoms with Crippen LogP contribution in [0, 0.1) is 0 Å². The summed E-state index contributed by atoms with van der Waals surface area (Å²) in [6.45, 7) is 1.03. The van der Waals surface area contributed by atoms with Gasteiger partial charge >= 0.3 is 0 Å². The average molecular weight is 296 g/mol. The van der Waals surface area contributed by atoms with Crippen LogP contribution in [0.3, 0.4) is 0 Å². The van der Waals surface area contributed by atoms with E-state index in [9.17, 15) is 0 Å². The van der Waals surface area contributed by atoms with E-state index in [1.54, 1.807) is 7.11 Å². The largest absolute Gasteiger partial charge is 0.377 e. The van der Waals surface area contributed by atoms with Crippen molar-refractivity contribution < 1.29 is 17.3 Å². The normalized spacial score (nSPS) is 48.6. The number of rotatable bonds is 3. The van der Waals surface area contributed by atoms with Crippen LogP contribution < -0.4 is 0 Å². The minimum absolute atomic E-state index is 0.0812. The molecule has 4 atom stereocenters. The van der Waals surface area contributed by atoms with Crippen molar-refractivity contribution in [3.8, 4) is 0 Å². The summed E-state index contributed by atoms with van der Waals surface area (Å²) in [5, 5.41) is 0. The van der Waals surface area contributed by atoms with Crippen molar-refractivity contribution in [1.82, 2.24) is 0 Å². The molecule has 2 rings (SSSR count). The minimum Gasteiger partial charge on any atom is -0.377 e. The number of methoxy groups -OCH3 is 1. The minimum atomic E-state index is -0.413. The van der Waals surface area contributed by atoms with E-state index in [1.165, 1.54) is 0 Å². The third-order valence-electron chi connectivity index (χ3n) is 2.59. The maximum absolute atomic E-state index is 5.74. The SMILES string of the molecule is [B]C1OC2(COI)COC2C1OC. The summed E-state index contributed by atoms with van der Waals surface area (Å²) in [5.41, 5.74) is -0.374. The Hall–Kier alpha value is 0.635. The second-order valence-corrected chi connectivity index (χ2v) is 3.96. The first kappa shape index (κ1) is 10.2. The first-order valence-electron chi connectivity index (χ1n) is 4.05. The quantitative estimate of drug-likeness (QED) is 0.544. The molecule has 2 saturated heterocycles. The van der Waals surface area contributed by atoms with Crippen LogP contribution in [0.4, 0.5) is 0 Å². The van der Waals surface area contributed by atoms with Gasteiger partial charge in [0, 0.05) is 13.1 Å². The molecule has 6 heteroatoms. The summed E-state index contributed by atoms with van der Waals surface area (Å²) in [5.74, 6) is 0. The number of hydrogen-bond donors (Lipinski definition) is 0. The lowest BCUT2D eigenvalue weighted by Crippen LogP contribution is -2.61. The fraction of sp³-hybridized carbons (Fsp3) is 1.00. The van der Waals surface area contributed by atoms with Gasteiger partial charge in [-0.1, -0.05) is 0 Å². The van der Waals surface area contributed by atoms with Gasteiger partial charge in [0.15, 0.2) is 0 Å². The highest BCUT2D eigenvalue weighted by atomic mass is 127. The number of hydrogen-bond acceptors (Lipinski definition) is 4. The van der Waals surface area contributed by atoms with Crippen molar-refractivity contribution in [3.63, 3.8) is 0 Å². The van der Waals surface area contributed by atoms with Gasteiger partial charge in [-0.2, -0.15) is 0 Å². The molecule has 72 valence electrons. The first-order chi connectivity index (χ1) is 6.23. The molecular weight excluding hydrogens is 286 g/mol. The number of ether oxygens (including phenoxy) is 3. The molecule has 2 aliphatic rings. The topological polar surface area (TPSA) is 36.9 Å². The van der Waals surface area contributed by atoms with Crippen LogP contribution in [0.15, 0.2) is 0 Å². The Balaban J connectivity index is 2.08. The summed E-state index contributed by atoms with van der Waals surface area (Å²) >= 11 is 1.84. The van der Waals surface area contributed by atoms with Crippen molar-refractivity contribution >= 4 is 30.9 Å². The third kappa shape index (κ3) is 1.43. The number of halogens is 1. The van der Waals surface area contributed by atoms with Crippen LogP contribution in [0.1, 0.15) is 0 Å². The van der Waals surface area contributed by atoms with E-state index in [4.69, 9.17) is 25.1 Å². The van der Waals surface area contributed by atoms with E-state index < -0.39 is 6.00 Å². The van der Waals surface area contributed by atoms with Crippen LogP contribution >= 0.6 is 23.0 Å². The van der Waals surface area contributed by atoms with Crippen molar-refractivity contribution in [2.75, 3.05) is 20.3 Å². The van der Waals surface area contributed by atoms with Crippen LogP contribution in [0.2, 0.25) is 0 Å². The van der Waals surface area contributed by atoms with Crippen molar-refractivity contribution in [2.45, 2.75) is 23.8 Å². The molecule has 0 saturated carbocycles. The molecule has 0 bridgehead atoms. The molecule has 4 nitrogen and oxygen atoms in total. The second kappa shape index (κ2) is 3.65. The molecule has 2 aliphatic heterocycles. The predicted molar refractivity (Wildman–Crippen MR) is 53.9 cm³/mol. The van der Waals surface area contributed by atoms with E-state index in [0.717, 1.165) is 0 Å². The zero-order valence-corrected chi connectivity index (χ0v) is 9.39. The van der Waals surface area contributed by atoms with Gasteiger partial charge in [-0.05, 0) is 0 Å². The lowest BCUT2D eigenvalue weighted by molar-refractivity contribution is -0.234. The van der Waals surface area contributed by atoms with Gasteiger partial charge in [0.05, 0.1) is 13.2 Å². The van der Waals surface area contributed by atoms with E-state index in [2.05, 4.69) is 0 Å². The average Bonchev–Trinajstić information content (AvgIpc) is 2.26. The Labute approximate surface area is 92.3 Å². The van der Waals surface area contributed by atoms with Gasteiger partial charge in [0.2, 0.25) is 0 Å². The molecule has 2 fully saturated rings. The molecule has 0 spiro atoms. The van der Waals surface area contributed by atoms with Gasteiger partial charge in [-0.3, -0.25) is 0 Å². The highest BCUT2D eigenvalue weighted by Gasteiger charge is 2.61. The van der Waals surface area contributed by atoms with E-state index >= 15 is 0 Å². The zero-order valence-electron chi connectivity index (χ0n) is 7.23. The highest BCUT2D eigenvalue weighted by molar-refractivity contribution is 14.1. The third-order valence-corrected chi connectivity index (χ3v) is 2.90. The molecule has 0 aliphatic carbocycles. The van der Waals surface area contributed by atoms with Crippen LogP contribution in [0.5, 0.6) is 0 Å². The predicted octanol–water partition coefficient (Wildman–Crippen LogP) is 0.0304. The maximum Gasteiger partial charge on any atom is 0.144 e. The van der Waals surface area contributed by atoms with Gasteiger partial charge in [-0.15, -0.1) is 0 Å². The van der Waals surface area contributed by atoms with E-state index in [-0.39, 0.29) is 17.8 Å². The van der Waals surface area contributed by atoms with Crippen molar-refractivity contribution in [2.24, 2.45) is 0 Å². The van der Waals surface area contributed by atoms with Gasteiger partial charge in [0.1, 0.15) is 48.7 Å². The highest BCUT2D eigenvalue weighted by Crippen LogP contribution is 2.41. The monoisotopic (exact) mass is 296 g/mol. The molecule has 0 amide bonds. The maximum atomic E-state index is 5.74. The molecule has 0 aromatic carbocycles. The molecule has 4 unspecified atom stereocenters. The van der Waals surface area contributed by atoms with Crippen molar-refractivity contribution in [1.29, 1.82) is 0 Å². The Morgan fingerprint density at radius 3 is 2.92 bits per heavy atom. The van der Waals surface area contributed by atoms with Gasteiger partial charge < -0.3 is 17.3 Å². The fourth-order valence-corrected chi connectivity index (χ4v) is 2.41. The van der Waals surface area contributed by atoms with E-state index in [1.807, 2.05) is 23.0 Å². The van der Waals surface area contributed by atoms with E-state index in [0.29, 0.717) is 13.2 Å². The molecule has 0 N–H and O–H groups in total. The zero-order chi connectivity index (χ0) is 9.47. The summed E-state index contributed by atoms with van der Waals surface area (Å²) < 4.78 is 21.2. The van der Waals surface area contributed by atoms with Gasteiger partial charge in [0.25, 0.3) is 0 Å².